The lowest BCUT2D eigenvalue weighted by atomic mass is 10.0. The van der Waals surface area contributed by atoms with E-state index in [9.17, 15) is 9.59 Å². The van der Waals surface area contributed by atoms with Crippen LogP contribution in [0.1, 0.15) is 48.9 Å². The molecule has 0 fully saturated rings. The Bertz CT molecular complexity index is 459. The average molecular weight is 294 g/mol. The zero-order valence-corrected chi connectivity index (χ0v) is 12.6. The van der Waals surface area contributed by atoms with Gasteiger partial charge in [0, 0.05) is 24.5 Å². The molecule has 0 unspecified atom stereocenters. The molecule has 0 spiro atoms. The summed E-state index contributed by atoms with van der Waals surface area (Å²) < 4.78 is 10.3. The Labute approximate surface area is 124 Å². The molecule has 0 saturated carbocycles. The standard InChI is InChI=1S/C16H22O5/c1-20-13-9-12(10-14(11-13)21-2)15(17)7-5-3-4-6-8-16(18)19/h9-11H,3-8H2,1-2H3,(H,18,19). The van der Waals surface area contributed by atoms with Crippen LogP contribution in [0, 0.1) is 0 Å². The lowest BCUT2D eigenvalue weighted by molar-refractivity contribution is -0.137. The van der Waals surface area contributed by atoms with E-state index < -0.39 is 5.97 Å². The van der Waals surface area contributed by atoms with Gasteiger partial charge >= 0.3 is 5.97 Å². The number of aliphatic carboxylic acids is 1. The zero-order chi connectivity index (χ0) is 15.7. The van der Waals surface area contributed by atoms with Crippen LogP contribution < -0.4 is 9.47 Å². The van der Waals surface area contributed by atoms with Gasteiger partial charge < -0.3 is 14.6 Å². The molecular formula is C16H22O5. The molecule has 0 heterocycles. The molecule has 0 amide bonds. The molecule has 0 bridgehead atoms. The van der Waals surface area contributed by atoms with Gasteiger partial charge in [-0.15, -0.1) is 0 Å². The van der Waals surface area contributed by atoms with Crippen molar-refractivity contribution in [3.63, 3.8) is 0 Å². The van der Waals surface area contributed by atoms with E-state index in [0.29, 0.717) is 29.9 Å². The summed E-state index contributed by atoms with van der Waals surface area (Å²) in [6.07, 6.45) is 3.76. The van der Waals surface area contributed by atoms with Crippen LogP contribution in [0.15, 0.2) is 18.2 Å². The molecule has 21 heavy (non-hydrogen) atoms. The van der Waals surface area contributed by atoms with E-state index in [4.69, 9.17) is 14.6 Å². The number of methoxy groups -OCH3 is 2. The van der Waals surface area contributed by atoms with Crippen molar-refractivity contribution in [3.05, 3.63) is 23.8 Å². The van der Waals surface area contributed by atoms with E-state index in [1.165, 1.54) is 0 Å². The van der Waals surface area contributed by atoms with Gasteiger partial charge in [0.25, 0.3) is 0 Å². The number of carbonyl (C=O) groups excluding carboxylic acids is 1. The van der Waals surface area contributed by atoms with Crippen LogP contribution >= 0.6 is 0 Å². The van der Waals surface area contributed by atoms with Crippen molar-refractivity contribution in [1.82, 2.24) is 0 Å². The highest BCUT2D eigenvalue weighted by molar-refractivity contribution is 5.96. The third-order valence-electron chi connectivity index (χ3n) is 3.22. The second kappa shape index (κ2) is 9.00. The SMILES string of the molecule is COc1cc(OC)cc(C(=O)CCCCCCC(=O)O)c1. The van der Waals surface area contributed by atoms with Crippen molar-refractivity contribution in [3.8, 4) is 11.5 Å². The number of hydrogen-bond acceptors (Lipinski definition) is 4. The Morgan fingerprint density at radius 3 is 1.90 bits per heavy atom. The first-order valence-electron chi connectivity index (χ1n) is 7.05. The molecule has 5 nitrogen and oxygen atoms in total. The molecule has 1 N–H and O–H groups in total. The van der Waals surface area contributed by atoms with Crippen LogP contribution in [0.5, 0.6) is 11.5 Å². The highest BCUT2D eigenvalue weighted by atomic mass is 16.5. The topological polar surface area (TPSA) is 72.8 Å². The third-order valence-corrected chi connectivity index (χ3v) is 3.22. The number of carbonyl (C=O) groups is 2. The minimum Gasteiger partial charge on any atom is -0.497 e. The van der Waals surface area contributed by atoms with Gasteiger partial charge in [-0.3, -0.25) is 9.59 Å². The highest BCUT2D eigenvalue weighted by Crippen LogP contribution is 2.23. The molecule has 0 aromatic heterocycles. The monoisotopic (exact) mass is 294 g/mol. The molecule has 0 aliphatic carbocycles. The molecule has 0 saturated heterocycles. The van der Waals surface area contributed by atoms with Crippen molar-refractivity contribution in [1.29, 1.82) is 0 Å². The Morgan fingerprint density at radius 2 is 1.43 bits per heavy atom. The van der Waals surface area contributed by atoms with Crippen molar-refractivity contribution in [2.45, 2.75) is 38.5 Å². The zero-order valence-electron chi connectivity index (χ0n) is 12.6. The number of carboxylic acid groups (broad SMARTS) is 1. The lowest BCUT2D eigenvalue weighted by Crippen LogP contribution is -2.01. The van der Waals surface area contributed by atoms with Gasteiger partial charge in [0.05, 0.1) is 14.2 Å². The van der Waals surface area contributed by atoms with Gasteiger partial charge in [-0.1, -0.05) is 12.8 Å². The lowest BCUT2D eigenvalue weighted by Gasteiger charge is -2.08. The summed E-state index contributed by atoms with van der Waals surface area (Å²) in [6.45, 7) is 0. The number of rotatable bonds is 10. The molecule has 0 radical (unpaired) electrons. The molecule has 116 valence electrons. The fraction of sp³-hybridized carbons (Fsp3) is 0.500. The first-order valence-corrected chi connectivity index (χ1v) is 7.05. The minimum atomic E-state index is -0.769. The molecule has 1 aromatic rings. The largest absolute Gasteiger partial charge is 0.497 e. The minimum absolute atomic E-state index is 0.0467. The summed E-state index contributed by atoms with van der Waals surface area (Å²) in [6, 6.07) is 5.13. The van der Waals surface area contributed by atoms with E-state index in [1.54, 1.807) is 32.4 Å². The smallest absolute Gasteiger partial charge is 0.303 e. The van der Waals surface area contributed by atoms with Gasteiger partial charge in [0.15, 0.2) is 5.78 Å². The first-order chi connectivity index (χ1) is 10.1. The van der Waals surface area contributed by atoms with Crippen LogP contribution in [0.25, 0.3) is 0 Å². The van der Waals surface area contributed by atoms with Crippen molar-refractivity contribution >= 4 is 11.8 Å². The Morgan fingerprint density at radius 1 is 0.905 bits per heavy atom. The second-order valence-corrected chi connectivity index (χ2v) is 4.83. The van der Waals surface area contributed by atoms with Crippen molar-refractivity contribution in [2.75, 3.05) is 14.2 Å². The molecule has 5 heteroatoms. The first kappa shape index (κ1) is 17.0. The van der Waals surface area contributed by atoms with Gasteiger partial charge in [-0.2, -0.15) is 0 Å². The predicted molar refractivity (Wildman–Crippen MR) is 79.2 cm³/mol. The number of unbranched alkanes of at least 4 members (excludes halogenated alkanes) is 3. The van der Waals surface area contributed by atoms with Crippen molar-refractivity contribution < 1.29 is 24.2 Å². The van der Waals surface area contributed by atoms with Crippen LogP contribution in [-0.2, 0) is 4.79 Å². The van der Waals surface area contributed by atoms with Gasteiger partial charge in [-0.05, 0) is 25.0 Å². The van der Waals surface area contributed by atoms with Crippen LogP contribution in [0.2, 0.25) is 0 Å². The number of benzene rings is 1. The Hall–Kier alpha value is -2.04. The number of Topliss-reactive ketones (excluding diaryl/α,β-unsaturated/α-hetero) is 1. The number of ether oxygens (including phenoxy) is 2. The maximum Gasteiger partial charge on any atom is 0.303 e. The summed E-state index contributed by atoms with van der Waals surface area (Å²) in [4.78, 5) is 22.5. The third kappa shape index (κ3) is 6.29. The Balaban J connectivity index is 2.43. The highest BCUT2D eigenvalue weighted by Gasteiger charge is 2.09. The average Bonchev–Trinajstić information content (AvgIpc) is 2.49. The quantitative estimate of drug-likeness (QED) is 0.529. The van der Waals surface area contributed by atoms with E-state index in [-0.39, 0.29) is 12.2 Å². The van der Waals surface area contributed by atoms with E-state index in [2.05, 4.69) is 0 Å². The molecule has 0 aliphatic heterocycles. The molecule has 0 atom stereocenters. The van der Waals surface area contributed by atoms with Gasteiger partial charge in [0.1, 0.15) is 11.5 Å². The normalized spacial score (nSPS) is 10.2. The summed E-state index contributed by atoms with van der Waals surface area (Å²) in [5.74, 6) is 0.471. The number of hydrogen-bond donors (Lipinski definition) is 1. The van der Waals surface area contributed by atoms with E-state index >= 15 is 0 Å². The maximum absolute atomic E-state index is 12.1. The van der Waals surface area contributed by atoms with Gasteiger partial charge in [-0.25, -0.2) is 0 Å². The maximum atomic E-state index is 12.1. The summed E-state index contributed by atoms with van der Waals surface area (Å²) in [5, 5.41) is 8.53. The van der Waals surface area contributed by atoms with Crippen LogP contribution in [0.4, 0.5) is 0 Å². The number of ketones is 1. The van der Waals surface area contributed by atoms with E-state index in [0.717, 1.165) is 19.3 Å². The molecule has 1 rings (SSSR count). The molecule has 1 aromatic carbocycles. The fourth-order valence-electron chi connectivity index (χ4n) is 2.03. The summed E-state index contributed by atoms with van der Waals surface area (Å²) in [7, 11) is 3.09. The van der Waals surface area contributed by atoms with Crippen molar-refractivity contribution in [2.24, 2.45) is 0 Å². The summed E-state index contributed by atoms with van der Waals surface area (Å²) in [5.41, 5.74) is 0.580. The second-order valence-electron chi connectivity index (χ2n) is 4.83. The van der Waals surface area contributed by atoms with Crippen LogP contribution in [0.3, 0.4) is 0 Å². The number of carboxylic acids is 1. The molecule has 0 aliphatic rings. The summed E-state index contributed by atoms with van der Waals surface area (Å²) >= 11 is 0. The fourth-order valence-corrected chi connectivity index (χ4v) is 2.03. The van der Waals surface area contributed by atoms with E-state index in [1.807, 2.05) is 0 Å². The van der Waals surface area contributed by atoms with Crippen LogP contribution in [-0.4, -0.2) is 31.1 Å². The van der Waals surface area contributed by atoms with Gasteiger partial charge in [0.2, 0.25) is 0 Å². The predicted octanol–water partition coefficient (Wildman–Crippen LogP) is 3.31. The Kier molecular flexibility index (Phi) is 7.29. The molecular weight excluding hydrogens is 272 g/mol.